The summed E-state index contributed by atoms with van der Waals surface area (Å²) in [6.45, 7) is 8.10. The highest BCUT2D eigenvalue weighted by Gasteiger charge is 2.19. The number of rotatable bonds is 4. The van der Waals surface area contributed by atoms with Gasteiger partial charge in [-0.25, -0.2) is 0 Å². The van der Waals surface area contributed by atoms with Crippen LogP contribution in [0.2, 0.25) is 0 Å². The monoisotopic (exact) mass is 257 g/mol. The minimum Gasteiger partial charge on any atom is -0.382 e. The molecule has 1 aromatic rings. The van der Waals surface area contributed by atoms with Crippen LogP contribution in [0.1, 0.15) is 32.3 Å². The first-order valence-electron chi connectivity index (χ1n) is 7.16. The van der Waals surface area contributed by atoms with Crippen LogP contribution in [-0.4, -0.2) is 30.6 Å². The standard InChI is InChI=1S/C16H23N3/c1-13(2)12-19-8-6-15(7-9-19)18-16-5-3-4-14(10-16)11-17/h3-5,10,13,15,18H,6-9,12H2,1-2H3. The Labute approximate surface area is 116 Å². The molecule has 0 unspecified atom stereocenters. The van der Waals surface area contributed by atoms with Crippen molar-refractivity contribution in [2.45, 2.75) is 32.7 Å². The Morgan fingerprint density at radius 2 is 2.11 bits per heavy atom. The smallest absolute Gasteiger partial charge is 0.0992 e. The lowest BCUT2D eigenvalue weighted by molar-refractivity contribution is 0.198. The molecule has 1 fully saturated rings. The lowest BCUT2D eigenvalue weighted by Gasteiger charge is -2.33. The van der Waals surface area contributed by atoms with Crippen LogP contribution in [0.4, 0.5) is 5.69 Å². The number of hydrogen-bond acceptors (Lipinski definition) is 3. The molecule has 1 N–H and O–H groups in total. The molecule has 1 aliphatic rings. The van der Waals surface area contributed by atoms with E-state index in [9.17, 15) is 0 Å². The second-order valence-corrected chi connectivity index (χ2v) is 5.81. The molecule has 1 saturated heterocycles. The molecule has 3 nitrogen and oxygen atoms in total. The lowest BCUT2D eigenvalue weighted by Crippen LogP contribution is -2.40. The van der Waals surface area contributed by atoms with Crippen molar-refractivity contribution >= 4 is 5.69 Å². The summed E-state index contributed by atoms with van der Waals surface area (Å²) in [5.74, 6) is 0.747. The van der Waals surface area contributed by atoms with Gasteiger partial charge in [0.25, 0.3) is 0 Å². The number of hydrogen-bond donors (Lipinski definition) is 1. The van der Waals surface area contributed by atoms with Gasteiger partial charge in [-0.05, 0) is 37.0 Å². The maximum absolute atomic E-state index is 8.90. The van der Waals surface area contributed by atoms with Crippen LogP contribution >= 0.6 is 0 Å². The van der Waals surface area contributed by atoms with E-state index in [0.717, 1.165) is 17.2 Å². The van der Waals surface area contributed by atoms with E-state index in [0.29, 0.717) is 6.04 Å². The summed E-state index contributed by atoms with van der Waals surface area (Å²) in [6.07, 6.45) is 2.37. The molecule has 1 heterocycles. The van der Waals surface area contributed by atoms with Gasteiger partial charge >= 0.3 is 0 Å². The summed E-state index contributed by atoms with van der Waals surface area (Å²) >= 11 is 0. The summed E-state index contributed by atoms with van der Waals surface area (Å²) in [5.41, 5.74) is 1.80. The molecule has 0 radical (unpaired) electrons. The molecule has 0 spiro atoms. The summed E-state index contributed by atoms with van der Waals surface area (Å²) < 4.78 is 0. The Morgan fingerprint density at radius 3 is 2.74 bits per heavy atom. The molecule has 0 aromatic heterocycles. The second kappa shape index (κ2) is 6.58. The fourth-order valence-electron chi connectivity index (χ4n) is 2.69. The maximum atomic E-state index is 8.90. The van der Waals surface area contributed by atoms with Gasteiger partial charge in [0, 0.05) is 31.4 Å². The first-order valence-corrected chi connectivity index (χ1v) is 7.16. The predicted molar refractivity (Wildman–Crippen MR) is 79.1 cm³/mol. The van der Waals surface area contributed by atoms with Gasteiger partial charge in [-0.15, -0.1) is 0 Å². The van der Waals surface area contributed by atoms with Crippen LogP contribution in [0, 0.1) is 17.2 Å². The molecule has 19 heavy (non-hydrogen) atoms. The van der Waals surface area contributed by atoms with Crippen LogP contribution in [-0.2, 0) is 0 Å². The van der Waals surface area contributed by atoms with E-state index in [4.69, 9.17) is 5.26 Å². The zero-order valence-corrected chi connectivity index (χ0v) is 11.9. The van der Waals surface area contributed by atoms with E-state index < -0.39 is 0 Å². The van der Waals surface area contributed by atoms with E-state index in [1.165, 1.54) is 32.5 Å². The van der Waals surface area contributed by atoms with Crippen molar-refractivity contribution in [1.29, 1.82) is 5.26 Å². The summed E-state index contributed by atoms with van der Waals surface area (Å²) in [4.78, 5) is 2.55. The number of anilines is 1. The molecular weight excluding hydrogens is 234 g/mol. The Balaban J connectivity index is 1.84. The van der Waals surface area contributed by atoms with Gasteiger partial charge in [0.05, 0.1) is 11.6 Å². The molecule has 0 aliphatic carbocycles. The van der Waals surface area contributed by atoms with Crippen LogP contribution in [0.15, 0.2) is 24.3 Å². The number of benzene rings is 1. The largest absolute Gasteiger partial charge is 0.382 e. The van der Waals surface area contributed by atoms with Crippen molar-refractivity contribution in [2.24, 2.45) is 5.92 Å². The molecule has 0 bridgehead atoms. The van der Waals surface area contributed by atoms with Crippen molar-refractivity contribution in [3.63, 3.8) is 0 Å². The van der Waals surface area contributed by atoms with E-state index >= 15 is 0 Å². The fourth-order valence-corrected chi connectivity index (χ4v) is 2.69. The highest BCUT2D eigenvalue weighted by molar-refractivity contribution is 5.49. The Morgan fingerprint density at radius 1 is 1.37 bits per heavy atom. The Bertz CT molecular complexity index is 440. The molecule has 1 aromatic carbocycles. The Hall–Kier alpha value is -1.53. The molecule has 102 valence electrons. The van der Waals surface area contributed by atoms with Gasteiger partial charge in [0.15, 0.2) is 0 Å². The van der Waals surface area contributed by atoms with Gasteiger partial charge in [-0.1, -0.05) is 19.9 Å². The summed E-state index contributed by atoms with van der Waals surface area (Å²) in [5, 5.41) is 12.5. The average molecular weight is 257 g/mol. The summed E-state index contributed by atoms with van der Waals surface area (Å²) in [7, 11) is 0. The minimum atomic E-state index is 0.539. The van der Waals surface area contributed by atoms with Crippen molar-refractivity contribution in [1.82, 2.24) is 4.90 Å². The number of piperidine rings is 1. The summed E-state index contributed by atoms with van der Waals surface area (Å²) in [6, 6.07) is 10.5. The van der Waals surface area contributed by atoms with E-state index in [-0.39, 0.29) is 0 Å². The van der Waals surface area contributed by atoms with Crippen molar-refractivity contribution in [3.05, 3.63) is 29.8 Å². The van der Waals surface area contributed by atoms with Crippen molar-refractivity contribution < 1.29 is 0 Å². The van der Waals surface area contributed by atoms with Crippen LogP contribution in [0.5, 0.6) is 0 Å². The fraction of sp³-hybridized carbons (Fsp3) is 0.562. The van der Waals surface area contributed by atoms with Crippen molar-refractivity contribution in [3.8, 4) is 6.07 Å². The third-order valence-corrected chi connectivity index (χ3v) is 3.57. The highest BCUT2D eigenvalue weighted by Crippen LogP contribution is 2.18. The zero-order valence-electron chi connectivity index (χ0n) is 11.9. The van der Waals surface area contributed by atoms with Crippen LogP contribution in [0.3, 0.4) is 0 Å². The lowest BCUT2D eigenvalue weighted by atomic mass is 10.0. The first kappa shape index (κ1) is 13.9. The first-order chi connectivity index (χ1) is 9.17. The normalized spacial score (nSPS) is 17.4. The van der Waals surface area contributed by atoms with E-state index in [2.05, 4.69) is 30.1 Å². The van der Waals surface area contributed by atoms with Gasteiger partial charge < -0.3 is 10.2 Å². The van der Waals surface area contributed by atoms with Gasteiger partial charge in [0.2, 0.25) is 0 Å². The third kappa shape index (κ3) is 4.25. The van der Waals surface area contributed by atoms with Gasteiger partial charge in [-0.3, -0.25) is 0 Å². The van der Waals surface area contributed by atoms with Crippen LogP contribution in [0.25, 0.3) is 0 Å². The molecule has 0 atom stereocenters. The van der Waals surface area contributed by atoms with Gasteiger partial charge in [-0.2, -0.15) is 5.26 Å². The SMILES string of the molecule is CC(C)CN1CCC(Nc2cccc(C#N)c2)CC1. The maximum Gasteiger partial charge on any atom is 0.0992 e. The molecule has 0 amide bonds. The molecule has 3 heteroatoms. The van der Waals surface area contributed by atoms with Crippen molar-refractivity contribution in [2.75, 3.05) is 25.0 Å². The predicted octanol–water partition coefficient (Wildman–Crippen LogP) is 3.09. The third-order valence-electron chi connectivity index (χ3n) is 3.57. The molecule has 2 rings (SSSR count). The number of nitriles is 1. The van der Waals surface area contributed by atoms with Crippen LogP contribution < -0.4 is 5.32 Å². The Kier molecular flexibility index (Phi) is 4.81. The van der Waals surface area contributed by atoms with Gasteiger partial charge in [0.1, 0.15) is 0 Å². The minimum absolute atomic E-state index is 0.539. The quantitative estimate of drug-likeness (QED) is 0.901. The molecular formula is C16H23N3. The second-order valence-electron chi connectivity index (χ2n) is 5.81. The number of nitrogens with one attached hydrogen (secondary N) is 1. The molecule has 1 aliphatic heterocycles. The number of likely N-dealkylation sites (tertiary alicyclic amines) is 1. The number of nitrogens with zero attached hydrogens (tertiary/aromatic N) is 2. The average Bonchev–Trinajstić information content (AvgIpc) is 2.41. The zero-order chi connectivity index (χ0) is 13.7. The topological polar surface area (TPSA) is 39.1 Å². The molecule has 0 saturated carbocycles. The highest BCUT2D eigenvalue weighted by atomic mass is 15.1. The van der Waals surface area contributed by atoms with E-state index in [1.54, 1.807) is 0 Å². The van der Waals surface area contributed by atoms with E-state index in [1.807, 2.05) is 24.3 Å².